The van der Waals surface area contributed by atoms with Gasteiger partial charge in [0.2, 0.25) is 0 Å². The molecule has 29 heavy (non-hydrogen) atoms. The van der Waals surface area contributed by atoms with E-state index in [4.69, 9.17) is 37.7 Å². The highest BCUT2D eigenvalue weighted by molar-refractivity contribution is 6.42. The number of fused-ring (bicyclic) bond motifs is 1. The second kappa shape index (κ2) is 8.18. The molecule has 0 aliphatic carbocycles. The summed E-state index contributed by atoms with van der Waals surface area (Å²) in [5.74, 6) is 0.963. The molecule has 3 heterocycles. The Bertz CT molecular complexity index is 1080. The maximum Gasteiger partial charge on any atom is 0.340 e. The van der Waals surface area contributed by atoms with Crippen LogP contribution in [0.15, 0.2) is 24.3 Å². The number of morpholine rings is 1. The zero-order valence-corrected chi connectivity index (χ0v) is 17.6. The molecular weight excluding hydrogens is 415 g/mol. The monoisotopic (exact) mass is 434 g/mol. The van der Waals surface area contributed by atoms with Crippen molar-refractivity contribution in [2.75, 3.05) is 38.3 Å². The fourth-order valence-electron chi connectivity index (χ4n) is 3.44. The number of carbonyl (C=O) groups is 1. The van der Waals surface area contributed by atoms with E-state index in [9.17, 15) is 4.79 Å². The van der Waals surface area contributed by atoms with E-state index < -0.39 is 5.97 Å². The number of nitrogens with zero attached hydrogens (tertiary/aromatic N) is 4. The topological polar surface area (TPSA) is 69.5 Å². The van der Waals surface area contributed by atoms with Gasteiger partial charge in [0.25, 0.3) is 0 Å². The van der Waals surface area contributed by atoms with Crippen LogP contribution in [0.1, 0.15) is 21.7 Å². The molecule has 7 nitrogen and oxygen atoms in total. The van der Waals surface area contributed by atoms with E-state index in [1.165, 1.54) is 7.11 Å². The molecule has 0 bridgehead atoms. The molecule has 4 rings (SSSR count). The van der Waals surface area contributed by atoms with Gasteiger partial charge in [0.05, 0.1) is 42.5 Å². The Morgan fingerprint density at radius 3 is 2.72 bits per heavy atom. The molecule has 0 radical (unpaired) electrons. The molecule has 1 fully saturated rings. The third kappa shape index (κ3) is 3.77. The summed E-state index contributed by atoms with van der Waals surface area (Å²) in [5, 5.41) is 0.983. The van der Waals surface area contributed by atoms with Gasteiger partial charge in [-0.2, -0.15) is 0 Å². The molecular formula is C20H20Cl2N4O3. The smallest absolute Gasteiger partial charge is 0.340 e. The molecule has 0 saturated carbocycles. The number of hydrogen-bond acceptors (Lipinski definition) is 6. The van der Waals surface area contributed by atoms with Crippen LogP contribution in [-0.2, 0) is 16.0 Å². The van der Waals surface area contributed by atoms with Crippen LogP contribution < -0.4 is 4.90 Å². The van der Waals surface area contributed by atoms with Gasteiger partial charge in [-0.15, -0.1) is 0 Å². The first-order valence-corrected chi connectivity index (χ1v) is 9.97. The molecule has 152 valence electrons. The second-order valence-electron chi connectivity index (χ2n) is 6.75. The van der Waals surface area contributed by atoms with Crippen LogP contribution in [0.25, 0.3) is 11.2 Å². The SMILES string of the molecule is COC(=O)c1cc(N2CCOCC2)nc2c1nc(C)n2Cc1cccc(Cl)c1Cl. The highest BCUT2D eigenvalue weighted by Crippen LogP contribution is 2.29. The Balaban J connectivity index is 1.87. The molecule has 3 aromatic rings. The van der Waals surface area contributed by atoms with E-state index in [-0.39, 0.29) is 0 Å². The van der Waals surface area contributed by atoms with Crippen molar-refractivity contribution in [3.8, 4) is 0 Å². The first kappa shape index (κ1) is 19.9. The Morgan fingerprint density at radius 2 is 2.00 bits per heavy atom. The summed E-state index contributed by atoms with van der Waals surface area (Å²) in [7, 11) is 1.36. The van der Waals surface area contributed by atoms with E-state index in [1.54, 1.807) is 12.1 Å². The summed E-state index contributed by atoms with van der Waals surface area (Å²) in [6.45, 7) is 4.93. The number of hydrogen-bond donors (Lipinski definition) is 0. The summed E-state index contributed by atoms with van der Waals surface area (Å²) in [6.07, 6.45) is 0. The number of carbonyl (C=O) groups excluding carboxylic acids is 1. The van der Waals surface area contributed by atoms with Crippen LogP contribution in [0, 0.1) is 6.92 Å². The zero-order valence-electron chi connectivity index (χ0n) is 16.1. The first-order valence-electron chi connectivity index (χ1n) is 9.21. The lowest BCUT2D eigenvalue weighted by Gasteiger charge is -2.28. The molecule has 1 aliphatic heterocycles. The van der Waals surface area contributed by atoms with Crippen molar-refractivity contribution in [1.82, 2.24) is 14.5 Å². The van der Waals surface area contributed by atoms with Crippen LogP contribution >= 0.6 is 23.2 Å². The van der Waals surface area contributed by atoms with E-state index in [1.807, 2.05) is 23.6 Å². The first-order chi connectivity index (χ1) is 14.0. The summed E-state index contributed by atoms with van der Waals surface area (Å²) >= 11 is 12.6. The Kier molecular flexibility index (Phi) is 5.63. The van der Waals surface area contributed by atoms with Gasteiger partial charge in [-0.05, 0) is 24.6 Å². The van der Waals surface area contributed by atoms with Gasteiger partial charge in [-0.25, -0.2) is 14.8 Å². The zero-order chi connectivity index (χ0) is 20.5. The molecule has 1 aromatic carbocycles. The third-order valence-corrected chi connectivity index (χ3v) is 5.84. The minimum Gasteiger partial charge on any atom is -0.465 e. The van der Waals surface area contributed by atoms with Crippen molar-refractivity contribution in [3.05, 3.63) is 51.3 Å². The molecule has 0 amide bonds. The highest BCUT2D eigenvalue weighted by atomic mass is 35.5. The van der Waals surface area contributed by atoms with Crippen LogP contribution in [0.3, 0.4) is 0 Å². The van der Waals surface area contributed by atoms with Crippen LogP contribution in [0.5, 0.6) is 0 Å². The maximum atomic E-state index is 12.5. The van der Waals surface area contributed by atoms with E-state index >= 15 is 0 Å². The molecule has 0 atom stereocenters. The number of benzene rings is 1. The molecule has 0 N–H and O–H groups in total. The number of imidazole rings is 1. The predicted molar refractivity (Wildman–Crippen MR) is 112 cm³/mol. The van der Waals surface area contributed by atoms with Crippen molar-refractivity contribution >= 4 is 46.2 Å². The lowest BCUT2D eigenvalue weighted by Crippen LogP contribution is -2.37. The quantitative estimate of drug-likeness (QED) is 0.582. The van der Waals surface area contributed by atoms with Gasteiger partial charge < -0.3 is 18.9 Å². The Morgan fingerprint density at radius 1 is 1.24 bits per heavy atom. The number of ether oxygens (including phenoxy) is 2. The van der Waals surface area contributed by atoms with Crippen molar-refractivity contribution < 1.29 is 14.3 Å². The number of rotatable bonds is 4. The average Bonchev–Trinajstić information content (AvgIpc) is 3.06. The summed E-state index contributed by atoms with van der Waals surface area (Å²) in [5.41, 5.74) is 2.34. The number of aromatic nitrogens is 3. The van der Waals surface area contributed by atoms with E-state index in [2.05, 4.69) is 9.88 Å². The van der Waals surface area contributed by atoms with Gasteiger partial charge in [0.1, 0.15) is 17.2 Å². The average molecular weight is 435 g/mol. The van der Waals surface area contributed by atoms with E-state index in [0.29, 0.717) is 71.3 Å². The number of anilines is 1. The van der Waals surface area contributed by atoms with Gasteiger partial charge in [0.15, 0.2) is 5.65 Å². The number of esters is 1. The normalized spacial score (nSPS) is 14.4. The van der Waals surface area contributed by atoms with Crippen LogP contribution in [0.4, 0.5) is 5.82 Å². The lowest BCUT2D eigenvalue weighted by atomic mass is 10.2. The minimum absolute atomic E-state index is 0.387. The van der Waals surface area contributed by atoms with Crippen molar-refractivity contribution in [1.29, 1.82) is 0 Å². The van der Waals surface area contributed by atoms with Crippen LogP contribution in [-0.4, -0.2) is 53.9 Å². The number of aryl methyl sites for hydroxylation is 1. The van der Waals surface area contributed by atoms with Gasteiger partial charge >= 0.3 is 5.97 Å². The molecule has 0 spiro atoms. The Labute approximate surface area is 178 Å². The molecule has 9 heteroatoms. The number of halogens is 2. The largest absolute Gasteiger partial charge is 0.465 e. The lowest BCUT2D eigenvalue weighted by molar-refractivity contribution is 0.0602. The van der Waals surface area contributed by atoms with Gasteiger partial charge in [-0.1, -0.05) is 35.3 Å². The van der Waals surface area contributed by atoms with Gasteiger partial charge in [-0.3, -0.25) is 0 Å². The summed E-state index contributed by atoms with van der Waals surface area (Å²) in [4.78, 5) is 24.0. The minimum atomic E-state index is -0.447. The highest BCUT2D eigenvalue weighted by Gasteiger charge is 2.23. The fraction of sp³-hybridized carbons (Fsp3) is 0.350. The van der Waals surface area contributed by atoms with Crippen molar-refractivity contribution in [2.45, 2.75) is 13.5 Å². The number of pyridine rings is 1. The molecule has 2 aromatic heterocycles. The standard InChI is InChI=1S/C20H20Cl2N4O3/c1-12-23-18-14(20(27)28-2)10-16(25-6-8-29-9-7-25)24-19(18)26(12)11-13-4-3-5-15(21)17(13)22/h3-5,10H,6-9,11H2,1-2H3. The summed E-state index contributed by atoms with van der Waals surface area (Å²) in [6, 6.07) is 7.25. The third-order valence-electron chi connectivity index (χ3n) is 4.98. The predicted octanol–water partition coefficient (Wildman–Crippen LogP) is 3.72. The fourth-order valence-corrected chi connectivity index (χ4v) is 3.82. The van der Waals surface area contributed by atoms with Gasteiger partial charge in [0, 0.05) is 13.1 Å². The van der Waals surface area contributed by atoms with Crippen LogP contribution in [0.2, 0.25) is 10.0 Å². The Hall–Kier alpha value is -2.35. The molecule has 1 saturated heterocycles. The molecule has 1 aliphatic rings. The summed E-state index contributed by atoms with van der Waals surface area (Å²) < 4.78 is 12.4. The maximum absolute atomic E-state index is 12.5. The van der Waals surface area contributed by atoms with E-state index in [0.717, 1.165) is 5.56 Å². The van der Waals surface area contributed by atoms with Crippen molar-refractivity contribution in [3.63, 3.8) is 0 Å². The van der Waals surface area contributed by atoms with Crippen molar-refractivity contribution in [2.24, 2.45) is 0 Å². The number of methoxy groups -OCH3 is 1. The second-order valence-corrected chi connectivity index (χ2v) is 7.53. The molecule has 0 unspecified atom stereocenters.